The summed E-state index contributed by atoms with van der Waals surface area (Å²) in [6.07, 6.45) is 3.15. The molecular formula is C17H19BrN2O. The summed E-state index contributed by atoms with van der Waals surface area (Å²) >= 11 is 3.52. The second-order valence-electron chi connectivity index (χ2n) is 5.82. The topological polar surface area (TPSA) is 34.0 Å². The van der Waals surface area contributed by atoms with Crippen molar-refractivity contribution in [1.82, 2.24) is 9.88 Å². The summed E-state index contributed by atoms with van der Waals surface area (Å²) in [4.78, 5) is 12.6. The fourth-order valence-corrected chi connectivity index (χ4v) is 3.32. The van der Waals surface area contributed by atoms with E-state index in [1.165, 1.54) is 5.56 Å². The van der Waals surface area contributed by atoms with Gasteiger partial charge < -0.3 is 9.88 Å². The van der Waals surface area contributed by atoms with Gasteiger partial charge in [-0.15, -0.1) is 0 Å². The lowest BCUT2D eigenvalue weighted by atomic mass is 9.71. The Hall–Kier alpha value is -1.55. The number of benzene rings is 1. The summed E-state index contributed by atoms with van der Waals surface area (Å²) in [6.45, 7) is 2.00. The summed E-state index contributed by atoms with van der Waals surface area (Å²) in [5, 5.41) is 3.26. The molecule has 1 amide bonds. The van der Waals surface area contributed by atoms with Gasteiger partial charge in [-0.1, -0.05) is 28.1 Å². The van der Waals surface area contributed by atoms with Crippen LogP contribution in [0.1, 0.15) is 41.0 Å². The molecule has 0 radical (unpaired) electrons. The molecule has 0 atom stereocenters. The maximum Gasteiger partial charge on any atom is 0.268 e. The molecule has 0 spiro atoms. The SMILES string of the molecule is Cc1ccc(C(=O)NC2(c3cccc(Br)c3)CCC2)n1C. The number of halogens is 1. The number of nitrogens with zero attached hydrogens (tertiary/aromatic N) is 1. The molecule has 2 aromatic rings. The Morgan fingerprint density at radius 1 is 1.29 bits per heavy atom. The zero-order chi connectivity index (χ0) is 15.0. The van der Waals surface area contributed by atoms with E-state index in [4.69, 9.17) is 0 Å². The van der Waals surface area contributed by atoms with E-state index in [1.54, 1.807) is 0 Å². The predicted molar refractivity (Wildman–Crippen MR) is 87.3 cm³/mol. The Kier molecular flexibility index (Phi) is 3.66. The summed E-state index contributed by atoms with van der Waals surface area (Å²) in [5.74, 6) is 0.00488. The van der Waals surface area contributed by atoms with E-state index < -0.39 is 0 Å². The smallest absolute Gasteiger partial charge is 0.268 e. The van der Waals surface area contributed by atoms with Crippen molar-refractivity contribution in [2.24, 2.45) is 7.05 Å². The van der Waals surface area contributed by atoms with Gasteiger partial charge in [0.15, 0.2) is 0 Å². The maximum absolute atomic E-state index is 12.6. The standard InChI is InChI=1S/C17H19BrN2O/c1-12-7-8-15(20(12)2)16(21)19-17(9-4-10-17)13-5-3-6-14(18)11-13/h3,5-8,11H,4,9-10H2,1-2H3,(H,19,21). The molecule has 110 valence electrons. The molecule has 1 saturated carbocycles. The molecule has 1 aliphatic carbocycles. The van der Waals surface area contributed by atoms with Crippen molar-refractivity contribution in [2.75, 3.05) is 0 Å². The largest absolute Gasteiger partial charge is 0.344 e. The van der Waals surface area contributed by atoms with Crippen molar-refractivity contribution in [1.29, 1.82) is 0 Å². The maximum atomic E-state index is 12.6. The van der Waals surface area contributed by atoms with Crippen LogP contribution in [0.4, 0.5) is 0 Å². The summed E-state index contributed by atoms with van der Waals surface area (Å²) in [5.41, 5.74) is 2.78. The van der Waals surface area contributed by atoms with E-state index in [0.717, 1.165) is 29.4 Å². The van der Waals surface area contributed by atoms with Crippen LogP contribution < -0.4 is 5.32 Å². The van der Waals surface area contributed by atoms with Gasteiger partial charge in [0.25, 0.3) is 5.91 Å². The fraction of sp³-hybridized carbons (Fsp3) is 0.353. The van der Waals surface area contributed by atoms with E-state index in [9.17, 15) is 4.79 Å². The monoisotopic (exact) mass is 346 g/mol. The number of hydrogen-bond acceptors (Lipinski definition) is 1. The van der Waals surface area contributed by atoms with Crippen molar-refractivity contribution in [3.05, 3.63) is 57.8 Å². The van der Waals surface area contributed by atoms with Gasteiger partial charge in [0.05, 0.1) is 5.54 Å². The molecule has 1 aromatic carbocycles. The van der Waals surface area contributed by atoms with Gasteiger partial charge in [-0.2, -0.15) is 0 Å². The molecule has 1 aliphatic rings. The van der Waals surface area contributed by atoms with Crippen molar-refractivity contribution in [3.63, 3.8) is 0 Å². The van der Waals surface area contributed by atoms with Crippen molar-refractivity contribution in [3.8, 4) is 0 Å². The molecule has 1 aromatic heterocycles. The van der Waals surface area contributed by atoms with Crippen LogP contribution in [0.5, 0.6) is 0 Å². The number of carbonyl (C=O) groups excluding carboxylic acids is 1. The van der Waals surface area contributed by atoms with Crippen LogP contribution >= 0.6 is 15.9 Å². The Morgan fingerprint density at radius 2 is 2.05 bits per heavy atom. The number of nitrogens with one attached hydrogen (secondary N) is 1. The van der Waals surface area contributed by atoms with Crippen molar-refractivity contribution < 1.29 is 4.79 Å². The summed E-state index contributed by atoms with van der Waals surface area (Å²) in [7, 11) is 1.93. The van der Waals surface area contributed by atoms with Crippen molar-refractivity contribution >= 4 is 21.8 Å². The lowest BCUT2D eigenvalue weighted by Gasteiger charge is -2.43. The summed E-state index contributed by atoms with van der Waals surface area (Å²) in [6, 6.07) is 12.1. The van der Waals surface area contributed by atoms with Gasteiger partial charge in [0.2, 0.25) is 0 Å². The predicted octanol–water partition coefficient (Wildman–Crippen LogP) is 3.91. The zero-order valence-electron chi connectivity index (χ0n) is 12.3. The first kappa shape index (κ1) is 14.4. The molecule has 1 fully saturated rings. The number of hydrogen-bond donors (Lipinski definition) is 1. The molecule has 0 saturated heterocycles. The average Bonchev–Trinajstić information content (AvgIpc) is 2.74. The third-order valence-electron chi connectivity index (χ3n) is 4.54. The zero-order valence-corrected chi connectivity index (χ0v) is 13.9. The van der Waals surface area contributed by atoms with Gasteiger partial charge in [-0.3, -0.25) is 4.79 Å². The molecule has 0 aliphatic heterocycles. The number of amides is 1. The molecule has 3 rings (SSSR count). The summed E-state index contributed by atoms with van der Waals surface area (Å²) < 4.78 is 2.98. The minimum absolute atomic E-state index is 0.00488. The van der Waals surface area contributed by atoms with E-state index >= 15 is 0 Å². The second kappa shape index (κ2) is 5.34. The van der Waals surface area contributed by atoms with Crippen LogP contribution in [-0.2, 0) is 12.6 Å². The highest BCUT2D eigenvalue weighted by Gasteiger charge is 2.40. The highest BCUT2D eigenvalue weighted by molar-refractivity contribution is 9.10. The lowest BCUT2D eigenvalue weighted by molar-refractivity contribution is 0.0814. The van der Waals surface area contributed by atoms with Crippen LogP contribution in [0.2, 0.25) is 0 Å². The molecule has 0 bridgehead atoms. The van der Waals surface area contributed by atoms with Crippen LogP contribution in [-0.4, -0.2) is 10.5 Å². The Balaban J connectivity index is 1.88. The lowest BCUT2D eigenvalue weighted by Crippen LogP contribution is -2.51. The van der Waals surface area contributed by atoms with E-state index in [1.807, 2.05) is 42.8 Å². The van der Waals surface area contributed by atoms with Crippen LogP contribution in [0.3, 0.4) is 0 Å². The molecule has 0 unspecified atom stereocenters. The second-order valence-corrected chi connectivity index (χ2v) is 6.73. The van der Waals surface area contributed by atoms with E-state index in [2.05, 4.69) is 33.4 Å². The number of rotatable bonds is 3. The first-order chi connectivity index (χ1) is 10.0. The molecule has 3 nitrogen and oxygen atoms in total. The van der Waals surface area contributed by atoms with Gasteiger partial charge >= 0.3 is 0 Å². The van der Waals surface area contributed by atoms with Gasteiger partial charge in [-0.25, -0.2) is 0 Å². The van der Waals surface area contributed by atoms with Gasteiger partial charge in [0.1, 0.15) is 5.69 Å². The highest BCUT2D eigenvalue weighted by Crippen LogP contribution is 2.42. The fourth-order valence-electron chi connectivity index (χ4n) is 2.92. The number of carbonyl (C=O) groups is 1. The van der Waals surface area contributed by atoms with Crippen LogP contribution in [0.15, 0.2) is 40.9 Å². The molecule has 1 N–H and O–H groups in total. The Morgan fingerprint density at radius 3 is 2.57 bits per heavy atom. The Bertz CT molecular complexity index is 686. The minimum atomic E-state index is -0.209. The quantitative estimate of drug-likeness (QED) is 0.898. The third-order valence-corrected chi connectivity index (χ3v) is 5.04. The average molecular weight is 347 g/mol. The van der Waals surface area contributed by atoms with Crippen molar-refractivity contribution in [2.45, 2.75) is 31.7 Å². The third kappa shape index (κ3) is 2.53. The van der Waals surface area contributed by atoms with E-state index in [-0.39, 0.29) is 11.4 Å². The van der Waals surface area contributed by atoms with Gasteiger partial charge in [-0.05, 0) is 56.0 Å². The molecule has 21 heavy (non-hydrogen) atoms. The highest BCUT2D eigenvalue weighted by atomic mass is 79.9. The molecular weight excluding hydrogens is 328 g/mol. The first-order valence-electron chi connectivity index (χ1n) is 7.23. The van der Waals surface area contributed by atoms with E-state index in [0.29, 0.717) is 5.69 Å². The van der Waals surface area contributed by atoms with Crippen LogP contribution in [0.25, 0.3) is 0 Å². The number of aromatic nitrogens is 1. The van der Waals surface area contributed by atoms with Crippen LogP contribution in [0, 0.1) is 6.92 Å². The normalized spacial score (nSPS) is 16.3. The van der Waals surface area contributed by atoms with Gasteiger partial charge in [0, 0.05) is 17.2 Å². The Labute approximate surface area is 133 Å². The first-order valence-corrected chi connectivity index (χ1v) is 8.02. The molecule has 4 heteroatoms. The minimum Gasteiger partial charge on any atom is -0.344 e. The number of aryl methyl sites for hydroxylation is 1. The molecule has 1 heterocycles.